The van der Waals surface area contributed by atoms with Gasteiger partial charge in [0, 0.05) is 30.5 Å². The predicted molar refractivity (Wildman–Crippen MR) is 130 cm³/mol. The standard InChI is InChI=1S/C25H32N4O4/c1-16-11-18-12-22(32-5)23(33-6)13-20(18)21(14-29(16)25(31)26-2)17-7-9-19(10-8-17)27-24(30)15-28(3)4/h7-10,12-14,16H,11,15H2,1-6H3,(H,26,31)(H,27,30). The van der Waals surface area contributed by atoms with Gasteiger partial charge in [-0.3, -0.25) is 9.69 Å². The maximum atomic E-state index is 12.6. The van der Waals surface area contributed by atoms with Crippen molar-refractivity contribution in [3.05, 3.63) is 59.3 Å². The molecule has 1 atom stereocenters. The first kappa shape index (κ1) is 24.1. The van der Waals surface area contributed by atoms with Gasteiger partial charge in [-0.1, -0.05) is 12.1 Å². The van der Waals surface area contributed by atoms with E-state index in [0.717, 1.165) is 22.3 Å². The second-order valence-corrected chi connectivity index (χ2v) is 8.29. The number of methoxy groups -OCH3 is 2. The second kappa shape index (κ2) is 10.4. The SMILES string of the molecule is CNC(=O)N1C=C(c2ccc(NC(=O)CN(C)C)cc2)c2cc(OC)c(OC)cc2CC1C. The quantitative estimate of drug-likeness (QED) is 0.704. The lowest BCUT2D eigenvalue weighted by molar-refractivity contribution is -0.116. The zero-order valence-corrected chi connectivity index (χ0v) is 20.1. The lowest BCUT2D eigenvalue weighted by Gasteiger charge is -2.24. The van der Waals surface area contributed by atoms with Gasteiger partial charge in [-0.05, 0) is 68.4 Å². The van der Waals surface area contributed by atoms with Crippen molar-refractivity contribution in [2.24, 2.45) is 0 Å². The van der Waals surface area contributed by atoms with Gasteiger partial charge in [-0.25, -0.2) is 4.79 Å². The van der Waals surface area contributed by atoms with Crippen LogP contribution < -0.4 is 20.1 Å². The number of carbonyl (C=O) groups is 2. The molecule has 8 heteroatoms. The first-order chi connectivity index (χ1) is 15.8. The maximum absolute atomic E-state index is 12.6. The van der Waals surface area contributed by atoms with Crippen molar-refractivity contribution < 1.29 is 19.1 Å². The molecule has 1 aliphatic heterocycles. The monoisotopic (exact) mass is 452 g/mol. The van der Waals surface area contributed by atoms with Crippen LogP contribution in [0.2, 0.25) is 0 Å². The number of nitrogens with one attached hydrogen (secondary N) is 2. The number of rotatable bonds is 6. The average Bonchev–Trinajstić information content (AvgIpc) is 2.93. The minimum atomic E-state index is -0.181. The number of benzene rings is 2. The number of amides is 3. The van der Waals surface area contributed by atoms with Crippen molar-refractivity contribution in [2.45, 2.75) is 19.4 Å². The van der Waals surface area contributed by atoms with Gasteiger partial charge >= 0.3 is 6.03 Å². The molecule has 2 aromatic carbocycles. The van der Waals surface area contributed by atoms with Crippen LogP contribution in [0.1, 0.15) is 23.6 Å². The summed E-state index contributed by atoms with van der Waals surface area (Å²) in [6.45, 7) is 2.32. The van der Waals surface area contributed by atoms with Gasteiger partial charge in [-0.15, -0.1) is 0 Å². The molecular formula is C25H32N4O4. The molecule has 0 aliphatic carbocycles. The van der Waals surface area contributed by atoms with Crippen LogP contribution in [0.3, 0.4) is 0 Å². The molecule has 1 heterocycles. The first-order valence-corrected chi connectivity index (χ1v) is 10.8. The number of anilines is 1. The molecule has 2 N–H and O–H groups in total. The van der Waals surface area contributed by atoms with Crippen LogP contribution >= 0.6 is 0 Å². The maximum Gasteiger partial charge on any atom is 0.321 e. The molecule has 0 bridgehead atoms. The molecular weight excluding hydrogens is 420 g/mol. The van der Waals surface area contributed by atoms with Gasteiger partial charge < -0.3 is 25.0 Å². The highest BCUT2D eigenvalue weighted by Crippen LogP contribution is 2.39. The summed E-state index contributed by atoms with van der Waals surface area (Å²) in [6.07, 6.45) is 2.53. The van der Waals surface area contributed by atoms with Gasteiger partial charge in [0.25, 0.3) is 0 Å². The van der Waals surface area contributed by atoms with Crippen LogP contribution in [-0.4, -0.2) is 69.7 Å². The van der Waals surface area contributed by atoms with Gasteiger partial charge in [0.05, 0.1) is 20.8 Å². The van der Waals surface area contributed by atoms with Crippen molar-refractivity contribution >= 4 is 23.2 Å². The minimum absolute atomic E-state index is 0.0658. The summed E-state index contributed by atoms with van der Waals surface area (Å²) < 4.78 is 11.1. The van der Waals surface area contributed by atoms with E-state index in [2.05, 4.69) is 10.6 Å². The lowest BCUT2D eigenvalue weighted by atomic mass is 9.92. The Morgan fingerprint density at radius 2 is 1.73 bits per heavy atom. The number of likely N-dealkylation sites (N-methyl/N-ethyl adjacent to an activating group) is 1. The van der Waals surface area contributed by atoms with E-state index in [1.165, 1.54) is 0 Å². The van der Waals surface area contributed by atoms with Crippen molar-refractivity contribution in [3.63, 3.8) is 0 Å². The smallest absolute Gasteiger partial charge is 0.321 e. The highest BCUT2D eigenvalue weighted by atomic mass is 16.5. The van der Waals surface area contributed by atoms with Crippen LogP contribution in [0, 0.1) is 0 Å². The molecule has 0 saturated heterocycles. The minimum Gasteiger partial charge on any atom is -0.493 e. The topological polar surface area (TPSA) is 83.1 Å². The normalized spacial score (nSPS) is 15.3. The van der Waals surface area contributed by atoms with Crippen LogP contribution in [0.15, 0.2) is 42.6 Å². The van der Waals surface area contributed by atoms with E-state index >= 15 is 0 Å². The highest BCUT2D eigenvalue weighted by molar-refractivity contribution is 5.93. The largest absolute Gasteiger partial charge is 0.493 e. The summed E-state index contributed by atoms with van der Waals surface area (Å²) in [4.78, 5) is 28.3. The summed E-state index contributed by atoms with van der Waals surface area (Å²) in [5.74, 6) is 1.19. The molecule has 0 spiro atoms. The van der Waals surface area contributed by atoms with Crippen molar-refractivity contribution in [3.8, 4) is 11.5 Å². The zero-order valence-electron chi connectivity index (χ0n) is 20.1. The molecule has 3 amide bonds. The van der Waals surface area contributed by atoms with Crippen molar-refractivity contribution in [2.75, 3.05) is 47.2 Å². The molecule has 1 unspecified atom stereocenters. The Morgan fingerprint density at radius 3 is 2.30 bits per heavy atom. The highest BCUT2D eigenvalue weighted by Gasteiger charge is 2.26. The van der Waals surface area contributed by atoms with E-state index in [4.69, 9.17) is 9.47 Å². The molecule has 3 rings (SSSR count). The van der Waals surface area contributed by atoms with E-state index in [0.29, 0.717) is 30.2 Å². The lowest BCUT2D eigenvalue weighted by Crippen LogP contribution is -2.40. The summed E-state index contributed by atoms with van der Waals surface area (Å²) in [6, 6.07) is 11.3. The van der Waals surface area contributed by atoms with Crippen molar-refractivity contribution in [1.29, 1.82) is 0 Å². The first-order valence-electron chi connectivity index (χ1n) is 10.8. The van der Waals surface area contributed by atoms with E-state index in [1.54, 1.807) is 26.2 Å². The summed E-state index contributed by atoms with van der Waals surface area (Å²) in [7, 11) is 8.54. The van der Waals surface area contributed by atoms with E-state index < -0.39 is 0 Å². The molecule has 0 radical (unpaired) electrons. The van der Waals surface area contributed by atoms with Crippen molar-refractivity contribution in [1.82, 2.24) is 15.1 Å². The molecule has 0 fully saturated rings. The van der Waals surface area contributed by atoms with Gasteiger partial charge in [0.2, 0.25) is 5.91 Å². The molecule has 8 nitrogen and oxygen atoms in total. The number of ether oxygens (including phenoxy) is 2. The third-order valence-electron chi connectivity index (χ3n) is 5.55. The number of fused-ring (bicyclic) bond motifs is 1. The fourth-order valence-corrected chi connectivity index (χ4v) is 3.93. The molecule has 176 valence electrons. The van der Waals surface area contributed by atoms with Crippen LogP contribution in [0.5, 0.6) is 11.5 Å². The second-order valence-electron chi connectivity index (χ2n) is 8.29. The summed E-state index contributed by atoms with van der Waals surface area (Å²) in [5.41, 5.74) is 4.53. The number of urea groups is 1. The number of nitrogens with zero attached hydrogens (tertiary/aromatic N) is 2. The summed E-state index contributed by atoms with van der Waals surface area (Å²) >= 11 is 0. The predicted octanol–water partition coefficient (Wildman–Crippen LogP) is 3.18. The third kappa shape index (κ3) is 5.46. The Balaban J connectivity index is 2.06. The van der Waals surface area contributed by atoms with E-state index in [-0.39, 0.29) is 18.0 Å². The number of hydrogen-bond donors (Lipinski definition) is 2. The summed E-state index contributed by atoms with van der Waals surface area (Å²) in [5, 5.41) is 5.62. The Hall–Kier alpha value is -3.52. The fraction of sp³-hybridized carbons (Fsp3) is 0.360. The van der Waals surface area contributed by atoms with Gasteiger partial charge in [-0.2, -0.15) is 0 Å². The molecule has 0 aromatic heterocycles. The Morgan fingerprint density at radius 1 is 1.09 bits per heavy atom. The molecule has 33 heavy (non-hydrogen) atoms. The molecule has 0 saturated carbocycles. The Kier molecular flexibility index (Phi) is 7.60. The molecule has 2 aromatic rings. The number of hydrogen-bond acceptors (Lipinski definition) is 5. The average molecular weight is 453 g/mol. The molecule has 1 aliphatic rings. The van der Waals surface area contributed by atoms with Crippen LogP contribution in [0.25, 0.3) is 5.57 Å². The van der Waals surface area contributed by atoms with Gasteiger partial charge in [0.1, 0.15) is 0 Å². The van der Waals surface area contributed by atoms with E-state index in [1.807, 2.05) is 68.5 Å². The Bertz CT molecular complexity index is 1050. The fourth-order valence-electron chi connectivity index (χ4n) is 3.93. The third-order valence-corrected chi connectivity index (χ3v) is 5.55. The zero-order chi connectivity index (χ0) is 24.1. The van der Waals surface area contributed by atoms with Crippen LogP contribution in [-0.2, 0) is 11.2 Å². The van der Waals surface area contributed by atoms with Gasteiger partial charge in [0.15, 0.2) is 11.5 Å². The number of carbonyl (C=O) groups excluding carboxylic acids is 2. The van der Waals surface area contributed by atoms with E-state index in [9.17, 15) is 9.59 Å². The Labute approximate surface area is 195 Å². The van der Waals surface area contributed by atoms with Crippen LogP contribution in [0.4, 0.5) is 10.5 Å².